The van der Waals surface area contributed by atoms with E-state index < -0.39 is 9.84 Å². The van der Waals surface area contributed by atoms with Crippen LogP contribution < -0.4 is 4.90 Å². The van der Waals surface area contributed by atoms with Gasteiger partial charge in [0.15, 0.2) is 15.0 Å². The average molecular weight is 456 g/mol. The van der Waals surface area contributed by atoms with Crippen LogP contribution in [0.3, 0.4) is 0 Å². The molecule has 6 nitrogen and oxygen atoms in total. The second-order valence-electron chi connectivity index (χ2n) is 8.34. The molecule has 1 fully saturated rings. The first kappa shape index (κ1) is 20.5. The number of aromatic nitrogens is 1. The maximum Gasteiger partial charge on any atom is 0.253 e. The summed E-state index contributed by atoms with van der Waals surface area (Å²) in [4.78, 5) is 22.0. The van der Waals surface area contributed by atoms with Crippen LogP contribution in [0.5, 0.6) is 0 Å². The lowest BCUT2D eigenvalue weighted by atomic mass is 9.90. The van der Waals surface area contributed by atoms with Gasteiger partial charge >= 0.3 is 0 Å². The van der Waals surface area contributed by atoms with Gasteiger partial charge in [0.2, 0.25) is 0 Å². The van der Waals surface area contributed by atoms with Crippen LogP contribution in [0.25, 0.3) is 10.2 Å². The Morgan fingerprint density at radius 3 is 2.48 bits per heavy atom. The number of benzene rings is 2. The van der Waals surface area contributed by atoms with Crippen LogP contribution in [0.4, 0.5) is 5.13 Å². The summed E-state index contributed by atoms with van der Waals surface area (Å²) in [5.41, 5.74) is 4.04. The van der Waals surface area contributed by atoms with Gasteiger partial charge in [-0.2, -0.15) is 0 Å². The van der Waals surface area contributed by atoms with E-state index in [0.29, 0.717) is 31.7 Å². The number of anilines is 1. The van der Waals surface area contributed by atoms with Crippen molar-refractivity contribution in [2.75, 3.05) is 37.3 Å². The molecule has 3 aromatic rings. The van der Waals surface area contributed by atoms with E-state index in [9.17, 15) is 13.2 Å². The largest absolute Gasteiger partial charge is 0.345 e. The van der Waals surface area contributed by atoms with Crippen LogP contribution in [-0.4, -0.2) is 56.6 Å². The number of thiazole rings is 1. The minimum atomic E-state index is -3.33. The van der Waals surface area contributed by atoms with Crippen molar-refractivity contribution in [1.82, 2.24) is 9.88 Å². The molecule has 0 radical (unpaired) electrons. The molecule has 5 rings (SSSR count). The predicted molar refractivity (Wildman–Crippen MR) is 124 cm³/mol. The average Bonchev–Trinajstić information content (AvgIpc) is 3.22. The number of fused-ring (bicyclic) bond motifs is 2. The normalized spacial score (nSPS) is 17.1. The van der Waals surface area contributed by atoms with Gasteiger partial charge < -0.3 is 9.80 Å². The zero-order chi connectivity index (χ0) is 21.6. The molecule has 1 saturated heterocycles. The molecule has 2 heterocycles. The first-order valence-electron chi connectivity index (χ1n) is 10.7. The third-order valence-electron chi connectivity index (χ3n) is 6.20. The van der Waals surface area contributed by atoms with Crippen molar-refractivity contribution >= 4 is 42.4 Å². The fourth-order valence-corrected chi connectivity index (χ4v) is 6.44. The SMILES string of the molecule is CS(=O)(=O)c1cccc2sc(N3CCN(C(=O)c4ccc5c(c4)CCCC5)CC3)nc12. The molecule has 0 saturated carbocycles. The quantitative estimate of drug-likeness (QED) is 0.604. The lowest BCUT2D eigenvalue weighted by molar-refractivity contribution is 0.0746. The summed E-state index contributed by atoms with van der Waals surface area (Å²) in [5, 5.41) is 0.812. The zero-order valence-electron chi connectivity index (χ0n) is 17.5. The number of hydrogen-bond donors (Lipinski definition) is 0. The van der Waals surface area contributed by atoms with Gasteiger partial charge in [0.1, 0.15) is 5.52 Å². The van der Waals surface area contributed by atoms with Gasteiger partial charge in [-0.1, -0.05) is 23.5 Å². The molecule has 0 spiro atoms. The number of aryl methyl sites for hydroxylation is 2. The van der Waals surface area contributed by atoms with Gasteiger partial charge in [0.05, 0.1) is 9.60 Å². The van der Waals surface area contributed by atoms with Crippen LogP contribution in [0.2, 0.25) is 0 Å². The molecule has 31 heavy (non-hydrogen) atoms. The second kappa shape index (κ2) is 7.91. The van der Waals surface area contributed by atoms with Gasteiger partial charge in [-0.3, -0.25) is 4.79 Å². The maximum atomic E-state index is 13.1. The lowest BCUT2D eigenvalue weighted by Crippen LogP contribution is -2.48. The van der Waals surface area contributed by atoms with Crippen molar-refractivity contribution in [3.8, 4) is 0 Å². The highest BCUT2D eigenvalue weighted by Gasteiger charge is 2.25. The standard InChI is InChI=1S/C23H25N3O3S2/c1-31(28,29)20-8-4-7-19-21(20)24-23(30-19)26-13-11-25(12-14-26)22(27)18-10-9-16-5-2-3-6-17(16)15-18/h4,7-10,15H,2-3,5-6,11-14H2,1H3. The number of rotatable bonds is 3. The summed E-state index contributed by atoms with van der Waals surface area (Å²) in [6.45, 7) is 2.63. The number of hydrogen-bond acceptors (Lipinski definition) is 6. The van der Waals surface area contributed by atoms with Crippen molar-refractivity contribution in [2.24, 2.45) is 0 Å². The number of piperazine rings is 1. The molecule has 2 aliphatic rings. The predicted octanol–water partition coefficient (Wildman–Crippen LogP) is 3.54. The smallest absolute Gasteiger partial charge is 0.253 e. The van der Waals surface area contributed by atoms with Crippen molar-refractivity contribution in [1.29, 1.82) is 0 Å². The Bertz CT molecular complexity index is 1260. The fraction of sp³-hybridized carbons (Fsp3) is 0.391. The Morgan fingerprint density at radius 2 is 1.74 bits per heavy atom. The molecule has 0 N–H and O–H groups in total. The van der Waals surface area contributed by atoms with Crippen molar-refractivity contribution in [2.45, 2.75) is 30.6 Å². The van der Waals surface area contributed by atoms with Crippen LogP contribution in [0.15, 0.2) is 41.3 Å². The van der Waals surface area contributed by atoms with Gasteiger partial charge in [0.25, 0.3) is 5.91 Å². The van der Waals surface area contributed by atoms with Crippen molar-refractivity contribution in [3.63, 3.8) is 0 Å². The van der Waals surface area contributed by atoms with E-state index in [4.69, 9.17) is 0 Å². The number of amides is 1. The Balaban J connectivity index is 1.31. The molecule has 162 valence electrons. The molecular formula is C23H25N3O3S2. The first-order valence-corrected chi connectivity index (χ1v) is 13.4. The molecule has 0 bridgehead atoms. The van der Waals surface area contributed by atoms with E-state index in [1.165, 1.54) is 41.6 Å². The van der Waals surface area contributed by atoms with E-state index in [-0.39, 0.29) is 10.8 Å². The minimum Gasteiger partial charge on any atom is -0.345 e. The number of nitrogens with zero attached hydrogens (tertiary/aromatic N) is 3. The molecule has 1 aliphatic heterocycles. The number of sulfone groups is 1. The first-order chi connectivity index (χ1) is 14.9. The molecule has 1 amide bonds. The number of carbonyl (C=O) groups is 1. The van der Waals surface area contributed by atoms with Crippen LogP contribution >= 0.6 is 11.3 Å². The van der Waals surface area contributed by atoms with Gasteiger partial charge in [-0.05, 0) is 61.1 Å². The summed E-state index contributed by atoms with van der Waals surface area (Å²) in [5.74, 6) is 0.0942. The summed E-state index contributed by atoms with van der Waals surface area (Å²) in [7, 11) is -3.33. The lowest BCUT2D eigenvalue weighted by Gasteiger charge is -2.34. The van der Waals surface area contributed by atoms with Gasteiger partial charge in [-0.25, -0.2) is 13.4 Å². The molecule has 1 aromatic heterocycles. The Morgan fingerprint density at radius 1 is 1.00 bits per heavy atom. The van der Waals surface area contributed by atoms with Crippen LogP contribution in [0.1, 0.15) is 34.3 Å². The molecule has 0 atom stereocenters. The molecule has 1 aliphatic carbocycles. The fourth-order valence-electron chi connectivity index (χ4n) is 4.50. The molecular weight excluding hydrogens is 430 g/mol. The summed E-state index contributed by atoms with van der Waals surface area (Å²) >= 11 is 1.50. The molecule has 2 aromatic carbocycles. The Labute approximate surface area is 186 Å². The van der Waals surface area contributed by atoms with E-state index in [2.05, 4.69) is 22.0 Å². The molecule has 8 heteroatoms. The van der Waals surface area contributed by atoms with Crippen molar-refractivity contribution < 1.29 is 13.2 Å². The van der Waals surface area contributed by atoms with Crippen molar-refractivity contribution in [3.05, 3.63) is 53.1 Å². The summed E-state index contributed by atoms with van der Waals surface area (Å²) < 4.78 is 25.0. The highest BCUT2D eigenvalue weighted by Crippen LogP contribution is 2.33. The van der Waals surface area contributed by atoms with Gasteiger partial charge in [-0.15, -0.1) is 0 Å². The highest BCUT2D eigenvalue weighted by atomic mass is 32.2. The monoisotopic (exact) mass is 455 g/mol. The summed E-state index contributed by atoms with van der Waals surface area (Å²) in [6, 6.07) is 11.5. The Kier molecular flexibility index (Phi) is 5.22. The van der Waals surface area contributed by atoms with Crippen LogP contribution in [-0.2, 0) is 22.7 Å². The third-order valence-corrected chi connectivity index (χ3v) is 8.41. The van der Waals surface area contributed by atoms with E-state index in [1.54, 1.807) is 12.1 Å². The minimum absolute atomic E-state index is 0.0942. The highest BCUT2D eigenvalue weighted by molar-refractivity contribution is 7.91. The number of carbonyl (C=O) groups excluding carboxylic acids is 1. The third kappa shape index (κ3) is 3.94. The zero-order valence-corrected chi connectivity index (χ0v) is 19.1. The van der Waals surface area contributed by atoms with E-state index in [0.717, 1.165) is 28.2 Å². The maximum absolute atomic E-state index is 13.1. The van der Waals surface area contributed by atoms with Crippen LogP contribution in [0, 0.1) is 0 Å². The second-order valence-corrected chi connectivity index (χ2v) is 11.3. The number of para-hydroxylation sites is 1. The topological polar surface area (TPSA) is 70.6 Å². The van der Waals surface area contributed by atoms with E-state index in [1.807, 2.05) is 17.0 Å². The Hall–Kier alpha value is -2.45. The molecule has 0 unspecified atom stereocenters. The van der Waals surface area contributed by atoms with Gasteiger partial charge in [0, 0.05) is 38.0 Å². The summed E-state index contributed by atoms with van der Waals surface area (Å²) in [6.07, 6.45) is 5.83. The van der Waals surface area contributed by atoms with E-state index >= 15 is 0 Å².